The van der Waals surface area contributed by atoms with Crippen LogP contribution in [0.15, 0.2) is 60.0 Å². The van der Waals surface area contributed by atoms with Gasteiger partial charge in [0.1, 0.15) is 11.1 Å². The normalized spacial score (nSPS) is 11.7. The van der Waals surface area contributed by atoms with Gasteiger partial charge in [-0.1, -0.05) is 42.5 Å². The van der Waals surface area contributed by atoms with Crippen molar-refractivity contribution < 1.29 is 14.5 Å². The fraction of sp³-hybridized carbons (Fsp3) is 0.111. The van der Waals surface area contributed by atoms with Gasteiger partial charge in [0.05, 0.1) is 10.5 Å². The van der Waals surface area contributed by atoms with E-state index in [0.717, 1.165) is 5.56 Å². The van der Waals surface area contributed by atoms with Crippen molar-refractivity contribution in [3.63, 3.8) is 0 Å². The van der Waals surface area contributed by atoms with E-state index in [1.165, 1.54) is 17.4 Å². The van der Waals surface area contributed by atoms with Gasteiger partial charge in [0.15, 0.2) is 5.69 Å². The van der Waals surface area contributed by atoms with Crippen molar-refractivity contribution >= 4 is 23.0 Å². The van der Waals surface area contributed by atoms with Crippen LogP contribution >= 0.6 is 11.3 Å². The summed E-state index contributed by atoms with van der Waals surface area (Å²) in [5, 5.41) is 13.4. The molecule has 2 aromatic carbocycles. The van der Waals surface area contributed by atoms with Gasteiger partial charge in [-0.2, -0.15) is 0 Å². The molecule has 0 aliphatic rings. The first-order valence-corrected chi connectivity index (χ1v) is 8.39. The average Bonchev–Trinajstić information content (AvgIpc) is 3.12. The van der Waals surface area contributed by atoms with E-state index in [9.17, 15) is 14.9 Å². The summed E-state index contributed by atoms with van der Waals surface area (Å²) in [7, 11) is 0. The molecule has 0 aliphatic carbocycles. The van der Waals surface area contributed by atoms with Crippen molar-refractivity contribution in [3.8, 4) is 10.6 Å². The van der Waals surface area contributed by atoms with E-state index in [2.05, 4.69) is 4.98 Å². The lowest BCUT2D eigenvalue weighted by molar-refractivity contribution is -0.386. The average molecular weight is 354 g/mol. The first-order chi connectivity index (χ1) is 12.1. The van der Waals surface area contributed by atoms with Crippen LogP contribution in [0.4, 0.5) is 5.69 Å². The molecule has 3 rings (SSSR count). The summed E-state index contributed by atoms with van der Waals surface area (Å²) in [6, 6.07) is 15.7. The summed E-state index contributed by atoms with van der Waals surface area (Å²) >= 11 is 1.34. The van der Waals surface area contributed by atoms with Crippen LogP contribution < -0.4 is 0 Å². The van der Waals surface area contributed by atoms with Crippen molar-refractivity contribution in [2.45, 2.75) is 13.0 Å². The summed E-state index contributed by atoms with van der Waals surface area (Å²) in [5.74, 6) is -0.607. The Hall–Kier alpha value is -3.06. The number of carbonyl (C=O) groups is 1. The van der Waals surface area contributed by atoms with Gasteiger partial charge < -0.3 is 4.74 Å². The Kier molecular flexibility index (Phi) is 4.85. The molecular weight excluding hydrogens is 340 g/mol. The number of rotatable bonds is 5. The molecule has 0 N–H and O–H groups in total. The van der Waals surface area contributed by atoms with Gasteiger partial charge in [0, 0.05) is 17.0 Å². The lowest BCUT2D eigenvalue weighted by atomic mass is 10.1. The second kappa shape index (κ2) is 7.23. The largest absolute Gasteiger partial charge is 0.453 e. The van der Waals surface area contributed by atoms with Gasteiger partial charge in [0.2, 0.25) is 0 Å². The fourth-order valence-electron chi connectivity index (χ4n) is 2.36. The van der Waals surface area contributed by atoms with Crippen LogP contribution in [-0.4, -0.2) is 15.9 Å². The van der Waals surface area contributed by atoms with Crippen LogP contribution in [0.1, 0.15) is 29.1 Å². The minimum absolute atomic E-state index is 0.0777. The number of esters is 1. The molecule has 1 heterocycles. The molecule has 6 nitrogen and oxygen atoms in total. The van der Waals surface area contributed by atoms with Crippen LogP contribution in [0.3, 0.4) is 0 Å². The predicted octanol–water partition coefficient (Wildman–Crippen LogP) is 4.64. The summed E-state index contributed by atoms with van der Waals surface area (Å²) < 4.78 is 5.36. The van der Waals surface area contributed by atoms with Crippen molar-refractivity contribution in [2.75, 3.05) is 0 Å². The van der Waals surface area contributed by atoms with Crippen LogP contribution in [0.25, 0.3) is 10.6 Å². The Morgan fingerprint density at radius 2 is 1.84 bits per heavy atom. The number of benzene rings is 2. The number of nitrogens with zero attached hydrogens (tertiary/aromatic N) is 2. The molecule has 0 radical (unpaired) electrons. The van der Waals surface area contributed by atoms with Crippen LogP contribution in [0.2, 0.25) is 0 Å². The maximum absolute atomic E-state index is 12.3. The SMILES string of the molecule is CC(OC(=O)c1csc(-c2ccccc2)n1)c1ccccc1[N+](=O)[O-]. The number of hydrogen-bond donors (Lipinski definition) is 0. The first-order valence-electron chi connectivity index (χ1n) is 7.51. The zero-order valence-electron chi connectivity index (χ0n) is 13.3. The van der Waals surface area contributed by atoms with Gasteiger partial charge in [0.25, 0.3) is 5.69 Å². The van der Waals surface area contributed by atoms with E-state index in [1.807, 2.05) is 30.3 Å². The minimum atomic E-state index is -0.754. The van der Waals surface area contributed by atoms with E-state index in [1.54, 1.807) is 30.5 Å². The summed E-state index contributed by atoms with van der Waals surface area (Å²) in [6.45, 7) is 1.60. The maximum Gasteiger partial charge on any atom is 0.358 e. The number of hydrogen-bond acceptors (Lipinski definition) is 6. The van der Waals surface area contributed by atoms with Gasteiger partial charge in [-0.05, 0) is 13.0 Å². The van der Waals surface area contributed by atoms with Gasteiger partial charge >= 0.3 is 5.97 Å². The number of aromatic nitrogens is 1. The molecule has 0 amide bonds. The molecule has 0 saturated heterocycles. The molecular formula is C18H14N2O4S. The summed E-state index contributed by atoms with van der Waals surface area (Å²) in [5.41, 5.74) is 1.37. The summed E-state index contributed by atoms with van der Waals surface area (Å²) in [4.78, 5) is 27.2. The van der Waals surface area contributed by atoms with Gasteiger partial charge in [-0.15, -0.1) is 11.3 Å². The molecule has 0 saturated carbocycles. The van der Waals surface area contributed by atoms with Crippen molar-refractivity contribution in [2.24, 2.45) is 0 Å². The van der Waals surface area contributed by atoms with Crippen LogP contribution in [-0.2, 0) is 4.74 Å². The van der Waals surface area contributed by atoms with E-state index >= 15 is 0 Å². The number of ether oxygens (including phenoxy) is 1. The molecule has 1 unspecified atom stereocenters. The highest BCUT2D eigenvalue weighted by Crippen LogP contribution is 2.29. The Morgan fingerprint density at radius 3 is 2.56 bits per heavy atom. The van der Waals surface area contributed by atoms with Crippen molar-refractivity contribution in [3.05, 3.63) is 81.3 Å². The lowest BCUT2D eigenvalue weighted by Gasteiger charge is -2.12. The van der Waals surface area contributed by atoms with E-state index in [4.69, 9.17) is 4.74 Å². The smallest absolute Gasteiger partial charge is 0.358 e. The number of para-hydroxylation sites is 1. The number of nitro groups is 1. The fourth-order valence-corrected chi connectivity index (χ4v) is 3.16. The Balaban J connectivity index is 1.77. The zero-order chi connectivity index (χ0) is 17.8. The van der Waals surface area contributed by atoms with Crippen molar-refractivity contribution in [1.29, 1.82) is 0 Å². The molecule has 25 heavy (non-hydrogen) atoms. The van der Waals surface area contributed by atoms with E-state index in [0.29, 0.717) is 10.6 Å². The molecule has 126 valence electrons. The standard InChI is InChI=1S/C18H14N2O4S/c1-12(14-9-5-6-10-16(14)20(22)23)24-18(21)15-11-25-17(19-15)13-7-3-2-4-8-13/h2-12H,1H3. The molecule has 0 aliphatic heterocycles. The highest BCUT2D eigenvalue weighted by atomic mass is 32.1. The monoisotopic (exact) mass is 354 g/mol. The topological polar surface area (TPSA) is 82.3 Å². The lowest BCUT2D eigenvalue weighted by Crippen LogP contribution is -2.11. The quantitative estimate of drug-likeness (QED) is 0.379. The van der Waals surface area contributed by atoms with Crippen molar-refractivity contribution in [1.82, 2.24) is 4.98 Å². The zero-order valence-corrected chi connectivity index (χ0v) is 14.1. The predicted molar refractivity (Wildman–Crippen MR) is 94.5 cm³/mol. The second-order valence-electron chi connectivity index (χ2n) is 5.27. The third-order valence-electron chi connectivity index (χ3n) is 3.59. The molecule has 0 spiro atoms. The third-order valence-corrected chi connectivity index (χ3v) is 4.48. The Bertz CT molecular complexity index is 908. The second-order valence-corrected chi connectivity index (χ2v) is 6.13. The van der Waals surface area contributed by atoms with Gasteiger partial charge in [-0.3, -0.25) is 10.1 Å². The van der Waals surface area contributed by atoms with E-state index < -0.39 is 17.0 Å². The molecule has 7 heteroatoms. The Morgan fingerprint density at radius 1 is 1.16 bits per heavy atom. The number of thiazole rings is 1. The molecule has 3 aromatic rings. The third kappa shape index (κ3) is 3.72. The van der Waals surface area contributed by atoms with Crippen LogP contribution in [0, 0.1) is 10.1 Å². The van der Waals surface area contributed by atoms with E-state index in [-0.39, 0.29) is 11.4 Å². The first kappa shape index (κ1) is 16.8. The Labute approximate surface area is 147 Å². The summed E-state index contributed by atoms with van der Waals surface area (Å²) in [6.07, 6.45) is -0.754. The minimum Gasteiger partial charge on any atom is -0.453 e. The highest BCUT2D eigenvalue weighted by molar-refractivity contribution is 7.13. The molecule has 0 fully saturated rings. The molecule has 1 aromatic heterocycles. The van der Waals surface area contributed by atoms with Gasteiger partial charge in [-0.25, -0.2) is 9.78 Å². The highest BCUT2D eigenvalue weighted by Gasteiger charge is 2.23. The number of nitro benzene ring substituents is 1. The molecule has 1 atom stereocenters. The maximum atomic E-state index is 12.3. The number of carbonyl (C=O) groups excluding carboxylic acids is 1. The van der Waals surface area contributed by atoms with Crippen LogP contribution in [0.5, 0.6) is 0 Å². The molecule has 0 bridgehead atoms.